The standard InChI is InChI=1S/C13H15Br2NO3/c1-3-13(2)10(15)7-11(13)19-12-8(14)5-4-6-9(12)16(17)18/h4-6,10-11H,3,7H2,1-2H3. The van der Waals surface area contributed by atoms with E-state index in [-0.39, 0.29) is 17.2 Å². The van der Waals surface area contributed by atoms with Gasteiger partial charge in [0.05, 0.1) is 9.40 Å². The van der Waals surface area contributed by atoms with E-state index in [4.69, 9.17) is 4.74 Å². The van der Waals surface area contributed by atoms with E-state index in [0.717, 1.165) is 12.8 Å². The zero-order chi connectivity index (χ0) is 14.2. The molecule has 0 bridgehead atoms. The molecule has 2 rings (SSSR count). The number of nitrogens with zero attached hydrogens (tertiary/aromatic N) is 1. The van der Waals surface area contributed by atoms with Gasteiger partial charge in [-0.15, -0.1) is 0 Å². The lowest BCUT2D eigenvalue weighted by Crippen LogP contribution is -2.54. The van der Waals surface area contributed by atoms with Crippen molar-refractivity contribution in [1.82, 2.24) is 0 Å². The Morgan fingerprint density at radius 2 is 2.26 bits per heavy atom. The van der Waals surface area contributed by atoms with Crippen molar-refractivity contribution in [2.24, 2.45) is 5.41 Å². The molecule has 0 amide bonds. The lowest BCUT2D eigenvalue weighted by atomic mass is 9.65. The summed E-state index contributed by atoms with van der Waals surface area (Å²) in [6.07, 6.45) is 1.83. The molecule has 0 N–H and O–H groups in total. The molecule has 3 atom stereocenters. The predicted molar refractivity (Wildman–Crippen MR) is 80.9 cm³/mol. The van der Waals surface area contributed by atoms with Crippen molar-refractivity contribution in [2.75, 3.05) is 0 Å². The Balaban J connectivity index is 2.28. The summed E-state index contributed by atoms with van der Waals surface area (Å²) in [7, 11) is 0. The normalized spacial score (nSPS) is 29.7. The van der Waals surface area contributed by atoms with Gasteiger partial charge < -0.3 is 4.74 Å². The third-order valence-corrected chi connectivity index (χ3v) is 6.08. The minimum atomic E-state index is -0.409. The molecule has 1 saturated carbocycles. The van der Waals surface area contributed by atoms with Crippen LogP contribution in [0.5, 0.6) is 5.75 Å². The van der Waals surface area contributed by atoms with Crippen LogP contribution >= 0.6 is 31.9 Å². The molecule has 4 nitrogen and oxygen atoms in total. The van der Waals surface area contributed by atoms with Gasteiger partial charge in [-0.05, 0) is 34.8 Å². The second kappa shape index (κ2) is 5.40. The van der Waals surface area contributed by atoms with Crippen LogP contribution in [0.25, 0.3) is 0 Å². The van der Waals surface area contributed by atoms with Crippen molar-refractivity contribution >= 4 is 37.5 Å². The van der Waals surface area contributed by atoms with Gasteiger partial charge in [-0.1, -0.05) is 35.8 Å². The van der Waals surface area contributed by atoms with E-state index in [0.29, 0.717) is 15.0 Å². The largest absolute Gasteiger partial charge is 0.482 e. The molecule has 0 aliphatic heterocycles. The summed E-state index contributed by atoms with van der Waals surface area (Å²) in [4.78, 5) is 11.0. The molecule has 3 unspecified atom stereocenters. The van der Waals surface area contributed by atoms with Crippen LogP contribution in [0.3, 0.4) is 0 Å². The molecule has 0 aromatic heterocycles. The van der Waals surface area contributed by atoms with Gasteiger partial charge in [0.15, 0.2) is 0 Å². The number of benzene rings is 1. The summed E-state index contributed by atoms with van der Waals surface area (Å²) in [6.45, 7) is 4.25. The fraction of sp³-hybridized carbons (Fsp3) is 0.538. The number of nitro groups is 1. The molecule has 1 aliphatic rings. The van der Waals surface area contributed by atoms with Crippen molar-refractivity contribution in [3.63, 3.8) is 0 Å². The maximum Gasteiger partial charge on any atom is 0.312 e. The van der Waals surface area contributed by atoms with Gasteiger partial charge in [0.2, 0.25) is 5.75 Å². The zero-order valence-corrected chi connectivity index (χ0v) is 13.9. The highest BCUT2D eigenvalue weighted by molar-refractivity contribution is 9.10. The first-order valence-corrected chi connectivity index (χ1v) is 7.84. The van der Waals surface area contributed by atoms with Gasteiger partial charge in [-0.2, -0.15) is 0 Å². The third-order valence-electron chi connectivity index (χ3n) is 4.04. The molecule has 0 heterocycles. The number of ether oxygens (including phenoxy) is 1. The van der Waals surface area contributed by atoms with Crippen molar-refractivity contribution in [1.29, 1.82) is 0 Å². The molecule has 19 heavy (non-hydrogen) atoms. The molecule has 104 valence electrons. The van der Waals surface area contributed by atoms with Crippen LogP contribution in [-0.2, 0) is 0 Å². The minimum Gasteiger partial charge on any atom is -0.482 e. The van der Waals surface area contributed by atoms with Crippen LogP contribution in [-0.4, -0.2) is 15.9 Å². The smallest absolute Gasteiger partial charge is 0.312 e. The van der Waals surface area contributed by atoms with Gasteiger partial charge in [-0.25, -0.2) is 0 Å². The van der Waals surface area contributed by atoms with Crippen molar-refractivity contribution in [2.45, 2.75) is 37.6 Å². The summed E-state index contributed by atoms with van der Waals surface area (Å²) in [5, 5.41) is 11.1. The SMILES string of the molecule is CCC1(C)C(Br)CC1Oc1c(Br)cccc1[N+](=O)[O-]. The van der Waals surface area contributed by atoms with E-state index < -0.39 is 4.92 Å². The predicted octanol–water partition coefficient (Wildman–Crippen LogP) is 4.69. The van der Waals surface area contributed by atoms with Crippen LogP contribution in [0.4, 0.5) is 5.69 Å². The Morgan fingerprint density at radius 3 is 2.79 bits per heavy atom. The van der Waals surface area contributed by atoms with Crippen molar-refractivity contribution in [3.8, 4) is 5.75 Å². The van der Waals surface area contributed by atoms with Gasteiger partial charge >= 0.3 is 5.69 Å². The molecule has 6 heteroatoms. The average Bonchev–Trinajstić information content (AvgIpc) is 2.38. The Bertz CT molecular complexity index is 509. The molecule has 1 fully saturated rings. The van der Waals surface area contributed by atoms with E-state index in [1.54, 1.807) is 12.1 Å². The van der Waals surface area contributed by atoms with Crippen LogP contribution < -0.4 is 4.74 Å². The summed E-state index contributed by atoms with van der Waals surface area (Å²) in [5.41, 5.74) is 0.0224. The number of nitro benzene ring substituents is 1. The van der Waals surface area contributed by atoms with Crippen LogP contribution in [0, 0.1) is 15.5 Å². The van der Waals surface area contributed by atoms with Crippen LogP contribution in [0.15, 0.2) is 22.7 Å². The number of hydrogen-bond acceptors (Lipinski definition) is 3. The van der Waals surface area contributed by atoms with E-state index in [2.05, 4.69) is 45.7 Å². The second-order valence-electron chi connectivity index (χ2n) is 5.01. The summed E-state index contributed by atoms with van der Waals surface area (Å²) >= 11 is 6.97. The minimum absolute atomic E-state index is 0.000671. The third kappa shape index (κ3) is 2.52. The first-order valence-electron chi connectivity index (χ1n) is 6.13. The Hall–Kier alpha value is -0.620. The molecule has 1 aliphatic carbocycles. The summed E-state index contributed by atoms with van der Waals surface area (Å²) in [5.74, 6) is 0.330. The number of rotatable bonds is 4. The van der Waals surface area contributed by atoms with E-state index >= 15 is 0 Å². The molecule has 0 radical (unpaired) electrons. The monoisotopic (exact) mass is 391 g/mol. The Morgan fingerprint density at radius 1 is 1.58 bits per heavy atom. The first kappa shape index (κ1) is 14.8. The van der Waals surface area contributed by atoms with E-state index in [1.165, 1.54) is 6.07 Å². The quantitative estimate of drug-likeness (QED) is 0.424. The van der Waals surface area contributed by atoms with Gasteiger partial charge in [0.25, 0.3) is 0 Å². The maximum atomic E-state index is 11.1. The fourth-order valence-electron chi connectivity index (χ4n) is 2.30. The number of hydrogen-bond donors (Lipinski definition) is 0. The number of para-hydroxylation sites is 1. The highest BCUT2D eigenvalue weighted by atomic mass is 79.9. The van der Waals surface area contributed by atoms with Gasteiger partial charge in [-0.3, -0.25) is 10.1 Å². The molecule has 1 aromatic rings. The van der Waals surface area contributed by atoms with Crippen LogP contribution in [0.2, 0.25) is 0 Å². The summed E-state index contributed by atoms with van der Waals surface area (Å²) < 4.78 is 6.56. The lowest BCUT2D eigenvalue weighted by Gasteiger charge is -2.50. The number of alkyl halides is 1. The highest BCUT2D eigenvalue weighted by Gasteiger charge is 2.51. The lowest BCUT2D eigenvalue weighted by molar-refractivity contribution is -0.386. The molecule has 0 spiro atoms. The maximum absolute atomic E-state index is 11.1. The molecular formula is C13H15Br2NO3. The Labute approximate surface area is 128 Å². The highest BCUT2D eigenvalue weighted by Crippen LogP contribution is 2.51. The molecular weight excluding hydrogens is 378 g/mol. The van der Waals surface area contributed by atoms with E-state index in [1.807, 2.05) is 0 Å². The van der Waals surface area contributed by atoms with Crippen molar-refractivity contribution in [3.05, 3.63) is 32.8 Å². The van der Waals surface area contributed by atoms with Crippen molar-refractivity contribution < 1.29 is 9.66 Å². The Kier molecular flexibility index (Phi) is 4.20. The second-order valence-corrected chi connectivity index (χ2v) is 6.97. The molecule has 0 saturated heterocycles. The zero-order valence-electron chi connectivity index (χ0n) is 10.7. The van der Waals surface area contributed by atoms with E-state index in [9.17, 15) is 10.1 Å². The fourth-order valence-corrected chi connectivity index (χ4v) is 3.71. The summed E-state index contributed by atoms with van der Waals surface area (Å²) in [6, 6.07) is 4.87. The molecule has 1 aromatic carbocycles. The number of halogens is 2. The van der Waals surface area contributed by atoms with Gasteiger partial charge in [0.1, 0.15) is 6.10 Å². The topological polar surface area (TPSA) is 52.4 Å². The average molecular weight is 393 g/mol. The van der Waals surface area contributed by atoms with Gasteiger partial charge in [0, 0.05) is 16.3 Å². The van der Waals surface area contributed by atoms with Crippen LogP contribution in [0.1, 0.15) is 26.7 Å². The first-order chi connectivity index (χ1) is 8.90.